The topological polar surface area (TPSA) is 95.2 Å². The van der Waals surface area contributed by atoms with Crippen molar-refractivity contribution in [3.05, 3.63) is 64.4 Å². The van der Waals surface area contributed by atoms with E-state index in [9.17, 15) is 14.4 Å². The summed E-state index contributed by atoms with van der Waals surface area (Å²) in [7, 11) is 0. The standard InChI is InChI=1S/C21H20N4O3S/c1-12(2)25-20(27)14-6-5-13(10-15(14)21(25)28)19(26)22-8-7-16-18(24-11-23-16)17-4-3-9-29-17/h3-6,9-12H,7-8H2,1-2H3,(H,22,26)(H,23,24). The fraction of sp³-hybridized carbons (Fsp3) is 0.238. The van der Waals surface area contributed by atoms with Crippen molar-refractivity contribution >= 4 is 29.1 Å². The molecule has 0 atom stereocenters. The zero-order chi connectivity index (χ0) is 20.5. The highest BCUT2D eigenvalue weighted by Gasteiger charge is 2.37. The van der Waals surface area contributed by atoms with Gasteiger partial charge in [-0.15, -0.1) is 11.3 Å². The molecule has 0 aliphatic carbocycles. The zero-order valence-electron chi connectivity index (χ0n) is 16.1. The number of thiophene rings is 1. The van der Waals surface area contributed by atoms with Gasteiger partial charge in [0, 0.05) is 30.3 Å². The highest BCUT2D eigenvalue weighted by atomic mass is 32.1. The monoisotopic (exact) mass is 408 g/mol. The number of fused-ring (bicyclic) bond motifs is 1. The number of carbonyl (C=O) groups excluding carboxylic acids is 3. The SMILES string of the molecule is CC(C)N1C(=O)c2ccc(C(=O)NCCc3[nH]cnc3-c3cccs3)cc2C1=O. The Balaban J connectivity index is 1.43. The van der Waals surface area contributed by atoms with E-state index in [1.54, 1.807) is 43.6 Å². The first kappa shape index (κ1) is 19.1. The lowest BCUT2D eigenvalue weighted by molar-refractivity contribution is 0.0609. The van der Waals surface area contributed by atoms with Crippen molar-refractivity contribution in [2.24, 2.45) is 0 Å². The second-order valence-electron chi connectivity index (χ2n) is 7.05. The largest absolute Gasteiger partial charge is 0.352 e. The van der Waals surface area contributed by atoms with Gasteiger partial charge in [-0.25, -0.2) is 4.98 Å². The molecule has 0 unspecified atom stereocenters. The van der Waals surface area contributed by atoms with Crippen LogP contribution in [-0.4, -0.2) is 45.2 Å². The lowest BCUT2D eigenvalue weighted by Gasteiger charge is -2.17. The molecule has 1 aromatic carbocycles. The van der Waals surface area contributed by atoms with Gasteiger partial charge in [0.2, 0.25) is 0 Å². The average molecular weight is 408 g/mol. The third-order valence-corrected chi connectivity index (χ3v) is 5.71. The van der Waals surface area contributed by atoms with E-state index in [0.717, 1.165) is 16.3 Å². The van der Waals surface area contributed by atoms with Gasteiger partial charge >= 0.3 is 0 Å². The molecule has 3 amide bonds. The maximum Gasteiger partial charge on any atom is 0.261 e. The third kappa shape index (κ3) is 3.47. The lowest BCUT2D eigenvalue weighted by Crippen LogP contribution is -2.35. The molecule has 1 aliphatic heterocycles. The maximum absolute atomic E-state index is 12.5. The van der Waals surface area contributed by atoms with Gasteiger partial charge in [-0.1, -0.05) is 6.07 Å². The Morgan fingerprint density at radius 2 is 2.00 bits per heavy atom. The normalized spacial score (nSPS) is 13.3. The van der Waals surface area contributed by atoms with E-state index in [1.807, 2.05) is 17.5 Å². The summed E-state index contributed by atoms with van der Waals surface area (Å²) in [4.78, 5) is 47.2. The minimum atomic E-state index is -0.354. The highest BCUT2D eigenvalue weighted by molar-refractivity contribution is 7.13. The molecule has 2 N–H and O–H groups in total. The molecule has 1 aliphatic rings. The predicted molar refractivity (Wildman–Crippen MR) is 110 cm³/mol. The summed E-state index contributed by atoms with van der Waals surface area (Å²) < 4.78 is 0. The van der Waals surface area contributed by atoms with Gasteiger partial charge in [0.1, 0.15) is 5.69 Å². The molecule has 0 spiro atoms. The molecule has 4 rings (SSSR count). The Labute approximate surface area is 171 Å². The van der Waals surface area contributed by atoms with Crippen molar-refractivity contribution in [2.75, 3.05) is 6.54 Å². The Morgan fingerprint density at radius 1 is 1.21 bits per heavy atom. The number of aromatic amines is 1. The summed E-state index contributed by atoms with van der Waals surface area (Å²) in [5.41, 5.74) is 2.83. The minimum absolute atomic E-state index is 0.230. The first-order valence-corrected chi connectivity index (χ1v) is 10.2. The van der Waals surface area contributed by atoms with E-state index in [0.29, 0.717) is 24.1 Å². The van der Waals surface area contributed by atoms with E-state index in [-0.39, 0.29) is 29.3 Å². The molecular formula is C21H20N4O3S. The predicted octanol–water partition coefficient (Wildman–Crippen LogP) is 3.12. The van der Waals surface area contributed by atoms with Crippen LogP contribution in [0.5, 0.6) is 0 Å². The summed E-state index contributed by atoms with van der Waals surface area (Å²) in [6, 6.07) is 8.38. The fourth-order valence-electron chi connectivity index (χ4n) is 3.41. The van der Waals surface area contributed by atoms with E-state index < -0.39 is 0 Å². The minimum Gasteiger partial charge on any atom is -0.352 e. The number of amides is 3. The fourth-order valence-corrected chi connectivity index (χ4v) is 4.16. The lowest BCUT2D eigenvalue weighted by atomic mass is 10.1. The van der Waals surface area contributed by atoms with Crippen molar-refractivity contribution in [1.82, 2.24) is 20.2 Å². The summed E-state index contributed by atoms with van der Waals surface area (Å²) >= 11 is 1.61. The van der Waals surface area contributed by atoms with Gasteiger partial charge in [-0.05, 0) is 43.5 Å². The van der Waals surface area contributed by atoms with Gasteiger partial charge in [0.25, 0.3) is 17.7 Å². The van der Waals surface area contributed by atoms with Crippen LogP contribution in [0.15, 0.2) is 42.0 Å². The molecule has 29 heavy (non-hydrogen) atoms. The van der Waals surface area contributed by atoms with Crippen molar-refractivity contribution in [2.45, 2.75) is 26.3 Å². The first-order chi connectivity index (χ1) is 14.0. The molecule has 0 fully saturated rings. The number of imidazole rings is 1. The van der Waals surface area contributed by atoms with Crippen molar-refractivity contribution in [3.63, 3.8) is 0 Å². The quantitative estimate of drug-likeness (QED) is 0.613. The van der Waals surface area contributed by atoms with Crippen molar-refractivity contribution in [1.29, 1.82) is 0 Å². The molecule has 3 aromatic rings. The van der Waals surface area contributed by atoms with Crippen LogP contribution in [0.25, 0.3) is 10.6 Å². The maximum atomic E-state index is 12.5. The summed E-state index contributed by atoms with van der Waals surface area (Å²) in [6.07, 6.45) is 2.25. The molecule has 3 heterocycles. The number of imide groups is 1. The number of carbonyl (C=O) groups is 3. The molecule has 7 nitrogen and oxygen atoms in total. The molecule has 0 saturated carbocycles. The molecule has 148 valence electrons. The number of nitrogens with one attached hydrogen (secondary N) is 2. The smallest absolute Gasteiger partial charge is 0.261 e. The summed E-state index contributed by atoms with van der Waals surface area (Å²) in [6.45, 7) is 3.99. The Hall–Kier alpha value is -3.26. The van der Waals surface area contributed by atoms with Gasteiger partial charge in [-0.2, -0.15) is 0 Å². The Bertz CT molecular complexity index is 1090. The number of nitrogens with zero attached hydrogens (tertiary/aromatic N) is 2. The number of aromatic nitrogens is 2. The summed E-state index contributed by atoms with van der Waals surface area (Å²) in [5.74, 6) is -0.951. The molecule has 0 radical (unpaired) electrons. The summed E-state index contributed by atoms with van der Waals surface area (Å²) in [5, 5.41) is 4.86. The van der Waals surface area contributed by atoms with Crippen LogP contribution < -0.4 is 5.32 Å². The number of H-pyrrole nitrogens is 1. The molecular weight excluding hydrogens is 388 g/mol. The van der Waals surface area contributed by atoms with E-state index >= 15 is 0 Å². The molecule has 0 bridgehead atoms. The van der Waals surface area contributed by atoms with Crippen LogP contribution in [0.4, 0.5) is 0 Å². The van der Waals surface area contributed by atoms with Crippen molar-refractivity contribution < 1.29 is 14.4 Å². The Kier molecular flexibility index (Phi) is 5.02. The highest BCUT2D eigenvalue weighted by Crippen LogP contribution is 2.26. The van der Waals surface area contributed by atoms with Crippen LogP contribution in [0.1, 0.15) is 50.6 Å². The average Bonchev–Trinajstić information content (AvgIpc) is 3.42. The third-order valence-electron chi connectivity index (χ3n) is 4.83. The van der Waals surface area contributed by atoms with Crippen molar-refractivity contribution in [3.8, 4) is 10.6 Å². The number of rotatable bonds is 6. The second kappa shape index (κ2) is 7.63. The molecule has 0 saturated heterocycles. The van der Waals surface area contributed by atoms with Gasteiger partial charge < -0.3 is 10.3 Å². The van der Waals surface area contributed by atoms with E-state index in [4.69, 9.17) is 0 Å². The van der Waals surface area contributed by atoms with Gasteiger partial charge in [0.15, 0.2) is 0 Å². The first-order valence-electron chi connectivity index (χ1n) is 9.33. The van der Waals surface area contributed by atoms with Crippen LogP contribution in [0, 0.1) is 0 Å². The van der Waals surface area contributed by atoms with Crippen LogP contribution in [-0.2, 0) is 6.42 Å². The molecule has 8 heteroatoms. The van der Waals surface area contributed by atoms with E-state index in [2.05, 4.69) is 15.3 Å². The van der Waals surface area contributed by atoms with Crippen LogP contribution in [0.3, 0.4) is 0 Å². The van der Waals surface area contributed by atoms with E-state index in [1.165, 1.54) is 11.0 Å². The Morgan fingerprint density at radius 3 is 2.72 bits per heavy atom. The number of hydrogen-bond acceptors (Lipinski definition) is 5. The van der Waals surface area contributed by atoms with Gasteiger partial charge in [-0.3, -0.25) is 19.3 Å². The number of benzene rings is 1. The zero-order valence-corrected chi connectivity index (χ0v) is 16.9. The van der Waals surface area contributed by atoms with Crippen LogP contribution in [0.2, 0.25) is 0 Å². The number of hydrogen-bond donors (Lipinski definition) is 2. The van der Waals surface area contributed by atoms with Gasteiger partial charge in [0.05, 0.1) is 22.3 Å². The van der Waals surface area contributed by atoms with Crippen LogP contribution >= 0.6 is 11.3 Å². The molecule has 2 aromatic heterocycles. The second-order valence-corrected chi connectivity index (χ2v) is 8.00.